The Kier molecular flexibility index (Phi) is 4.92. The molecule has 2 aromatic heterocycles. The van der Waals surface area contributed by atoms with Gasteiger partial charge in [-0.05, 0) is 25.0 Å². The first-order valence-corrected chi connectivity index (χ1v) is 8.58. The van der Waals surface area contributed by atoms with E-state index in [-0.39, 0.29) is 24.2 Å². The molecule has 1 aliphatic heterocycles. The number of nitrogens with zero attached hydrogens (tertiary/aromatic N) is 3. The number of carbonyl (C=O) groups excluding carboxylic acids is 2. The minimum atomic E-state index is -0.350. The zero-order chi connectivity index (χ0) is 18.0. The Morgan fingerprint density at radius 3 is 2.92 bits per heavy atom. The largest absolute Gasteiger partial charge is 0.465 e. The lowest BCUT2D eigenvalue weighted by molar-refractivity contribution is -0.126. The van der Waals surface area contributed by atoms with E-state index >= 15 is 0 Å². The van der Waals surface area contributed by atoms with Crippen molar-refractivity contribution in [2.45, 2.75) is 40.3 Å². The molecular formula is C18H24N4O3. The number of anilines is 1. The molecule has 3 heterocycles. The Morgan fingerprint density at radius 1 is 1.44 bits per heavy atom. The van der Waals surface area contributed by atoms with Crippen molar-refractivity contribution in [1.29, 1.82) is 0 Å². The highest BCUT2D eigenvalue weighted by atomic mass is 16.3. The maximum absolute atomic E-state index is 12.3. The van der Waals surface area contributed by atoms with Crippen molar-refractivity contribution < 1.29 is 14.0 Å². The van der Waals surface area contributed by atoms with Crippen molar-refractivity contribution in [2.24, 2.45) is 11.8 Å². The zero-order valence-electron chi connectivity index (χ0n) is 14.9. The molecule has 1 atom stereocenters. The fraction of sp³-hybridized carbons (Fsp3) is 0.500. The predicted octanol–water partition coefficient (Wildman–Crippen LogP) is 2.11. The monoisotopic (exact) mass is 344 g/mol. The van der Waals surface area contributed by atoms with E-state index in [9.17, 15) is 9.59 Å². The molecule has 0 aliphatic carbocycles. The summed E-state index contributed by atoms with van der Waals surface area (Å²) in [4.78, 5) is 26.3. The van der Waals surface area contributed by atoms with E-state index in [1.165, 1.54) is 0 Å². The van der Waals surface area contributed by atoms with Crippen LogP contribution in [-0.2, 0) is 22.7 Å². The van der Waals surface area contributed by atoms with E-state index in [0.29, 0.717) is 24.8 Å². The summed E-state index contributed by atoms with van der Waals surface area (Å²) in [6.45, 7) is 7.61. The second kappa shape index (κ2) is 7.13. The fourth-order valence-corrected chi connectivity index (χ4v) is 3.00. The van der Waals surface area contributed by atoms with Gasteiger partial charge < -0.3 is 14.6 Å². The summed E-state index contributed by atoms with van der Waals surface area (Å²) >= 11 is 0. The van der Waals surface area contributed by atoms with Crippen molar-refractivity contribution in [2.75, 3.05) is 11.4 Å². The lowest BCUT2D eigenvalue weighted by atomic mass is 10.1. The third kappa shape index (κ3) is 4.10. The zero-order valence-corrected chi connectivity index (χ0v) is 14.9. The van der Waals surface area contributed by atoms with Crippen LogP contribution in [0.25, 0.3) is 0 Å². The summed E-state index contributed by atoms with van der Waals surface area (Å²) in [5.74, 6) is 1.48. The first-order chi connectivity index (χ1) is 11.9. The van der Waals surface area contributed by atoms with Gasteiger partial charge >= 0.3 is 0 Å². The third-order valence-electron chi connectivity index (χ3n) is 4.21. The smallest absolute Gasteiger partial charge is 0.227 e. The van der Waals surface area contributed by atoms with Gasteiger partial charge in [0.15, 0.2) is 0 Å². The molecule has 2 aromatic rings. The summed E-state index contributed by atoms with van der Waals surface area (Å²) in [7, 11) is 0. The van der Waals surface area contributed by atoms with Gasteiger partial charge in [0, 0.05) is 25.7 Å². The van der Waals surface area contributed by atoms with Crippen LogP contribution in [0, 0.1) is 18.8 Å². The van der Waals surface area contributed by atoms with Crippen LogP contribution in [0.15, 0.2) is 28.9 Å². The van der Waals surface area contributed by atoms with Gasteiger partial charge in [-0.1, -0.05) is 13.8 Å². The normalized spacial score (nSPS) is 17.5. The highest BCUT2D eigenvalue weighted by Crippen LogP contribution is 2.25. The molecule has 1 N–H and O–H groups in total. The highest BCUT2D eigenvalue weighted by Gasteiger charge is 2.35. The van der Waals surface area contributed by atoms with E-state index in [1.807, 2.05) is 29.9 Å². The Morgan fingerprint density at radius 2 is 2.24 bits per heavy atom. The van der Waals surface area contributed by atoms with Crippen LogP contribution in [0.3, 0.4) is 0 Å². The molecule has 1 saturated heterocycles. The predicted molar refractivity (Wildman–Crippen MR) is 92.8 cm³/mol. The maximum Gasteiger partial charge on any atom is 0.227 e. The number of hydrogen-bond acceptors (Lipinski definition) is 4. The quantitative estimate of drug-likeness (QED) is 0.870. The molecule has 1 unspecified atom stereocenters. The lowest BCUT2D eigenvalue weighted by Gasteiger charge is -2.14. The van der Waals surface area contributed by atoms with Crippen molar-refractivity contribution in [1.82, 2.24) is 15.1 Å². The number of nitrogens with one attached hydrogen (secondary N) is 1. The van der Waals surface area contributed by atoms with E-state index < -0.39 is 0 Å². The molecule has 3 rings (SSSR count). The van der Waals surface area contributed by atoms with Gasteiger partial charge in [-0.2, -0.15) is 5.10 Å². The minimum absolute atomic E-state index is 0.0434. The van der Waals surface area contributed by atoms with Crippen LogP contribution in [0.1, 0.15) is 31.8 Å². The van der Waals surface area contributed by atoms with Crippen molar-refractivity contribution in [3.05, 3.63) is 36.0 Å². The van der Waals surface area contributed by atoms with Gasteiger partial charge in [0.05, 0.1) is 24.3 Å². The maximum atomic E-state index is 12.3. The standard InChI is InChI=1S/C18H24N4O3/c1-12(2)9-21-11-15(7-20-21)22-10-14(6-17(22)23)18(24)19-8-16-5-4-13(3)25-16/h4-5,7,11-12,14H,6,8-10H2,1-3H3,(H,19,24). The summed E-state index contributed by atoms with van der Waals surface area (Å²) in [6, 6.07) is 3.70. The number of rotatable bonds is 6. The number of aromatic nitrogens is 2. The second-order valence-electron chi connectivity index (χ2n) is 6.95. The molecule has 134 valence electrons. The van der Waals surface area contributed by atoms with E-state index in [4.69, 9.17) is 4.42 Å². The Bertz CT molecular complexity index is 762. The molecule has 0 saturated carbocycles. The summed E-state index contributed by atoms with van der Waals surface area (Å²) in [6.07, 6.45) is 3.77. The second-order valence-corrected chi connectivity index (χ2v) is 6.95. The number of aryl methyl sites for hydroxylation is 1. The van der Waals surface area contributed by atoms with Crippen LogP contribution < -0.4 is 10.2 Å². The van der Waals surface area contributed by atoms with Gasteiger partial charge in [-0.25, -0.2) is 0 Å². The molecule has 1 fully saturated rings. The molecule has 25 heavy (non-hydrogen) atoms. The van der Waals surface area contributed by atoms with Crippen molar-refractivity contribution in [3.63, 3.8) is 0 Å². The number of carbonyl (C=O) groups is 2. The molecule has 0 bridgehead atoms. The minimum Gasteiger partial charge on any atom is -0.465 e. The highest BCUT2D eigenvalue weighted by molar-refractivity contribution is 6.00. The van der Waals surface area contributed by atoms with Crippen LogP contribution >= 0.6 is 0 Å². The molecule has 0 radical (unpaired) electrons. The number of furan rings is 1. The summed E-state index contributed by atoms with van der Waals surface area (Å²) in [5, 5.41) is 7.14. The number of hydrogen-bond donors (Lipinski definition) is 1. The van der Waals surface area contributed by atoms with Crippen LogP contribution in [0.5, 0.6) is 0 Å². The van der Waals surface area contributed by atoms with Gasteiger partial charge in [0.1, 0.15) is 11.5 Å². The Balaban J connectivity index is 1.57. The van der Waals surface area contributed by atoms with E-state index in [1.54, 1.807) is 11.1 Å². The molecule has 0 aromatic carbocycles. The fourth-order valence-electron chi connectivity index (χ4n) is 3.00. The van der Waals surface area contributed by atoms with Crippen LogP contribution in [0.4, 0.5) is 5.69 Å². The Hall–Kier alpha value is -2.57. The summed E-state index contributed by atoms with van der Waals surface area (Å²) < 4.78 is 7.27. The molecule has 1 aliphatic rings. The average Bonchev–Trinajstić information content (AvgIpc) is 3.25. The van der Waals surface area contributed by atoms with Gasteiger partial charge in [-0.3, -0.25) is 14.3 Å². The van der Waals surface area contributed by atoms with Crippen LogP contribution in [0.2, 0.25) is 0 Å². The first-order valence-electron chi connectivity index (χ1n) is 8.58. The number of amides is 2. The van der Waals surface area contributed by atoms with E-state index in [2.05, 4.69) is 24.3 Å². The van der Waals surface area contributed by atoms with Gasteiger partial charge in [0.25, 0.3) is 0 Å². The molecular weight excluding hydrogens is 320 g/mol. The van der Waals surface area contributed by atoms with Gasteiger partial charge in [-0.15, -0.1) is 0 Å². The third-order valence-corrected chi connectivity index (χ3v) is 4.21. The molecule has 7 heteroatoms. The SMILES string of the molecule is Cc1ccc(CNC(=O)C2CC(=O)N(c3cnn(CC(C)C)c3)C2)o1. The lowest BCUT2D eigenvalue weighted by Crippen LogP contribution is -2.32. The van der Waals surface area contributed by atoms with Crippen molar-refractivity contribution >= 4 is 17.5 Å². The topological polar surface area (TPSA) is 80.4 Å². The Labute approximate surface area is 147 Å². The van der Waals surface area contributed by atoms with Crippen molar-refractivity contribution in [3.8, 4) is 0 Å². The molecule has 2 amide bonds. The molecule has 7 nitrogen and oxygen atoms in total. The molecule has 0 spiro atoms. The van der Waals surface area contributed by atoms with Gasteiger partial charge in [0.2, 0.25) is 11.8 Å². The average molecular weight is 344 g/mol. The van der Waals surface area contributed by atoms with E-state index in [0.717, 1.165) is 18.0 Å². The first kappa shape index (κ1) is 17.3. The summed E-state index contributed by atoms with van der Waals surface area (Å²) in [5.41, 5.74) is 0.752. The van der Waals surface area contributed by atoms with Crippen LogP contribution in [-0.4, -0.2) is 28.1 Å².